The lowest BCUT2D eigenvalue weighted by Crippen LogP contribution is -2.25. The normalized spacial score (nSPS) is 12.3. The number of carbonyl (C=O) groups excluding carboxylic acids is 3. The number of fused-ring (bicyclic) bond motifs is 2. The average Bonchev–Trinajstić information content (AvgIpc) is 2.63. The molecule has 0 radical (unpaired) electrons. The summed E-state index contributed by atoms with van der Waals surface area (Å²) in [5, 5.41) is 0. The number of benzene rings is 2. The van der Waals surface area contributed by atoms with Gasteiger partial charge >= 0.3 is 0 Å². The molecule has 0 heterocycles. The molecule has 1 aliphatic rings. The van der Waals surface area contributed by atoms with E-state index in [0.29, 0.717) is 5.56 Å². The summed E-state index contributed by atoms with van der Waals surface area (Å²) in [4.78, 5) is 38.7. The van der Waals surface area contributed by atoms with E-state index in [1.807, 2.05) is 0 Å². The van der Waals surface area contributed by atoms with E-state index in [1.165, 1.54) is 28.3 Å². The van der Waals surface area contributed by atoms with Crippen molar-refractivity contribution < 1.29 is 28.6 Å². The Balaban J connectivity index is 2.50. The largest absolute Gasteiger partial charge is 0.496 e. The molecular formula is C20H18O6. The molecular weight excluding hydrogens is 336 g/mol. The molecule has 1 aliphatic carbocycles. The van der Waals surface area contributed by atoms with Crippen molar-refractivity contribution in [1.82, 2.24) is 0 Å². The van der Waals surface area contributed by atoms with Crippen molar-refractivity contribution in [3.05, 3.63) is 51.6 Å². The highest BCUT2D eigenvalue weighted by Gasteiger charge is 2.40. The molecule has 2 aromatic rings. The monoisotopic (exact) mass is 354 g/mol. The Hall–Kier alpha value is -3.15. The molecule has 134 valence electrons. The van der Waals surface area contributed by atoms with Crippen molar-refractivity contribution in [3.8, 4) is 17.2 Å². The molecule has 0 aliphatic heterocycles. The lowest BCUT2D eigenvalue weighted by atomic mass is 9.79. The van der Waals surface area contributed by atoms with Crippen molar-refractivity contribution in [2.75, 3.05) is 21.3 Å². The predicted octanol–water partition coefficient (Wildman–Crippen LogP) is 3.00. The van der Waals surface area contributed by atoms with E-state index < -0.39 is 5.78 Å². The molecule has 3 rings (SSSR count). The van der Waals surface area contributed by atoms with Gasteiger partial charge in [-0.15, -0.1) is 0 Å². The molecule has 0 saturated carbocycles. The molecule has 6 nitrogen and oxygen atoms in total. The number of ketones is 3. The molecule has 0 aromatic heterocycles. The maximum absolute atomic E-state index is 13.3. The fourth-order valence-electron chi connectivity index (χ4n) is 3.52. The molecule has 0 spiro atoms. The third kappa shape index (κ3) is 2.22. The molecule has 2 aromatic carbocycles. The van der Waals surface area contributed by atoms with Gasteiger partial charge in [-0.3, -0.25) is 14.4 Å². The zero-order chi connectivity index (χ0) is 19.2. The van der Waals surface area contributed by atoms with Crippen molar-refractivity contribution in [3.63, 3.8) is 0 Å². The van der Waals surface area contributed by atoms with Gasteiger partial charge in [0.05, 0.1) is 43.6 Å². The summed E-state index contributed by atoms with van der Waals surface area (Å²) in [7, 11) is 4.19. The van der Waals surface area contributed by atoms with Gasteiger partial charge in [0, 0.05) is 11.1 Å². The summed E-state index contributed by atoms with van der Waals surface area (Å²) in [5.74, 6) is -0.519. The lowest BCUT2D eigenvalue weighted by Gasteiger charge is -2.26. The lowest BCUT2D eigenvalue weighted by molar-refractivity contribution is 0.0968. The van der Waals surface area contributed by atoms with Crippen LogP contribution < -0.4 is 14.2 Å². The van der Waals surface area contributed by atoms with Crippen LogP contribution in [0.15, 0.2) is 18.2 Å². The quantitative estimate of drug-likeness (QED) is 0.670. The van der Waals surface area contributed by atoms with Gasteiger partial charge in [0.1, 0.15) is 17.2 Å². The van der Waals surface area contributed by atoms with Crippen LogP contribution in [0.5, 0.6) is 17.2 Å². The number of rotatable bonds is 4. The smallest absolute Gasteiger partial charge is 0.202 e. The number of Topliss-reactive ketones (excluding diaryl/α,β-unsaturated/α-hetero) is 1. The second-order valence-electron chi connectivity index (χ2n) is 5.91. The topological polar surface area (TPSA) is 78.9 Å². The van der Waals surface area contributed by atoms with Gasteiger partial charge in [0.2, 0.25) is 5.78 Å². The third-order valence-corrected chi connectivity index (χ3v) is 4.58. The van der Waals surface area contributed by atoms with E-state index in [4.69, 9.17) is 14.2 Å². The fourth-order valence-corrected chi connectivity index (χ4v) is 3.52. The highest BCUT2D eigenvalue weighted by molar-refractivity contribution is 6.32. The van der Waals surface area contributed by atoms with Crippen LogP contribution in [0.25, 0.3) is 0 Å². The Morgan fingerprint density at radius 2 is 1.46 bits per heavy atom. The standard InChI is InChI=1S/C20H18O6/c1-9-13(10(2)21)20(26-5)16-15(19(9)25-4)17(22)11-7-6-8-12(24-3)14(11)18(16)23/h6-8H,1-5H3. The summed E-state index contributed by atoms with van der Waals surface area (Å²) in [6, 6.07) is 4.83. The first kappa shape index (κ1) is 17.7. The molecule has 0 amide bonds. The van der Waals surface area contributed by atoms with E-state index in [0.717, 1.165) is 0 Å². The molecule has 6 heteroatoms. The maximum atomic E-state index is 13.3. The Kier molecular flexibility index (Phi) is 4.28. The van der Waals surface area contributed by atoms with Crippen LogP contribution in [0.1, 0.15) is 54.7 Å². The predicted molar refractivity (Wildman–Crippen MR) is 94.1 cm³/mol. The van der Waals surface area contributed by atoms with E-state index in [2.05, 4.69) is 0 Å². The zero-order valence-corrected chi connectivity index (χ0v) is 15.2. The Morgan fingerprint density at radius 3 is 2.00 bits per heavy atom. The molecule has 0 unspecified atom stereocenters. The maximum Gasteiger partial charge on any atom is 0.202 e. The van der Waals surface area contributed by atoms with Gasteiger partial charge in [-0.1, -0.05) is 12.1 Å². The van der Waals surface area contributed by atoms with Crippen LogP contribution in [-0.2, 0) is 0 Å². The first-order chi connectivity index (χ1) is 12.4. The number of methoxy groups -OCH3 is 3. The SMILES string of the molecule is COc1cccc2c1C(=O)c1c(OC)c(C(C)=O)c(C)c(OC)c1C2=O. The van der Waals surface area contributed by atoms with Crippen molar-refractivity contribution in [2.45, 2.75) is 13.8 Å². The molecule has 0 N–H and O–H groups in total. The van der Waals surface area contributed by atoms with Crippen molar-refractivity contribution in [2.24, 2.45) is 0 Å². The first-order valence-electron chi connectivity index (χ1n) is 7.94. The van der Waals surface area contributed by atoms with E-state index >= 15 is 0 Å². The van der Waals surface area contributed by atoms with Crippen LogP contribution in [0.3, 0.4) is 0 Å². The zero-order valence-electron chi connectivity index (χ0n) is 15.2. The molecule has 0 atom stereocenters. The minimum absolute atomic E-state index is 0.0298. The van der Waals surface area contributed by atoms with Crippen molar-refractivity contribution >= 4 is 17.3 Å². The first-order valence-corrected chi connectivity index (χ1v) is 7.94. The third-order valence-electron chi connectivity index (χ3n) is 4.58. The Bertz CT molecular complexity index is 971. The number of hydrogen-bond donors (Lipinski definition) is 0. The second-order valence-corrected chi connectivity index (χ2v) is 5.91. The van der Waals surface area contributed by atoms with E-state index in [9.17, 15) is 14.4 Å². The van der Waals surface area contributed by atoms with Gasteiger partial charge in [-0.05, 0) is 19.9 Å². The summed E-state index contributed by atoms with van der Waals surface area (Å²) < 4.78 is 16.1. The molecule has 0 bridgehead atoms. The number of ether oxygens (including phenoxy) is 3. The number of hydrogen-bond acceptors (Lipinski definition) is 6. The minimum Gasteiger partial charge on any atom is -0.496 e. The summed E-state index contributed by atoms with van der Waals surface area (Å²) in [6.07, 6.45) is 0. The fraction of sp³-hybridized carbons (Fsp3) is 0.250. The Labute approximate surface area is 150 Å². The summed E-state index contributed by atoms with van der Waals surface area (Å²) in [5.41, 5.74) is 1.22. The molecule has 0 saturated heterocycles. The van der Waals surface area contributed by atoms with Gasteiger partial charge < -0.3 is 14.2 Å². The summed E-state index contributed by atoms with van der Waals surface area (Å²) in [6.45, 7) is 3.04. The van der Waals surface area contributed by atoms with Gasteiger partial charge in [0.25, 0.3) is 0 Å². The molecule has 0 fully saturated rings. The highest BCUT2D eigenvalue weighted by atomic mass is 16.5. The Morgan fingerprint density at radius 1 is 0.846 bits per heavy atom. The van der Waals surface area contributed by atoms with Gasteiger partial charge in [0.15, 0.2) is 11.6 Å². The highest BCUT2D eigenvalue weighted by Crippen LogP contribution is 2.45. The van der Waals surface area contributed by atoms with E-state index in [-0.39, 0.29) is 56.6 Å². The van der Waals surface area contributed by atoms with E-state index in [1.54, 1.807) is 25.1 Å². The van der Waals surface area contributed by atoms with Crippen LogP contribution in [0.4, 0.5) is 0 Å². The summed E-state index contributed by atoms with van der Waals surface area (Å²) >= 11 is 0. The second kappa shape index (κ2) is 6.29. The van der Waals surface area contributed by atoms with Crippen molar-refractivity contribution in [1.29, 1.82) is 0 Å². The molecule has 26 heavy (non-hydrogen) atoms. The van der Waals surface area contributed by atoms with Crippen LogP contribution >= 0.6 is 0 Å². The van der Waals surface area contributed by atoms with Crippen LogP contribution in [-0.4, -0.2) is 38.7 Å². The van der Waals surface area contributed by atoms with Gasteiger partial charge in [-0.2, -0.15) is 0 Å². The van der Waals surface area contributed by atoms with Crippen LogP contribution in [0.2, 0.25) is 0 Å². The van der Waals surface area contributed by atoms with Crippen LogP contribution in [0, 0.1) is 6.92 Å². The van der Waals surface area contributed by atoms with Gasteiger partial charge in [-0.25, -0.2) is 0 Å². The minimum atomic E-state index is -0.440. The number of carbonyl (C=O) groups is 3. The average molecular weight is 354 g/mol.